The first-order valence-corrected chi connectivity index (χ1v) is 7.48. The average Bonchev–Trinajstić information content (AvgIpc) is 2.61. The molecule has 8 nitrogen and oxygen atoms in total. The number of rotatable bonds is 4. The quantitative estimate of drug-likeness (QED) is 0.483. The molecule has 8 heteroatoms. The molecule has 2 aromatic rings. The summed E-state index contributed by atoms with van der Waals surface area (Å²) in [4.78, 5) is 22.2. The zero-order valence-corrected chi connectivity index (χ0v) is 13.2. The highest BCUT2D eigenvalue weighted by Crippen LogP contribution is 2.41. The molecule has 0 amide bonds. The summed E-state index contributed by atoms with van der Waals surface area (Å²) in [5.74, 6) is -2.71. The Labute approximate surface area is 147 Å². The highest BCUT2D eigenvalue weighted by molar-refractivity contribution is 5.85. The van der Waals surface area contributed by atoms with Gasteiger partial charge >= 0.3 is 11.9 Å². The minimum Gasteiger partial charge on any atom is -0.504 e. The van der Waals surface area contributed by atoms with E-state index in [-0.39, 0.29) is 17.2 Å². The van der Waals surface area contributed by atoms with Crippen LogP contribution in [-0.4, -0.2) is 38.5 Å². The number of fused-ring (bicyclic) bond motifs is 1. The summed E-state index contributed by atoms with van der Waals surface area (Å²) >= 11 is 0. The lowest BCUT2D eigenvalue weighted by molar-refractivity contribution is -0.151. The maximum absolute atomic E-state index is 11.6. The molecule has 4 N–H and O–H groups in total. The molecule has 2 aromatic carbocycles. The molecule has 0 radical (unpaired) electrons. The van der Waals surface area contributed by atoms with E-state index in [9.17, 15) is 24.9 Å². The van der Waals surface area contributed by atoms with Crippen molar-refractivity contribution in [3.05, 3.63) is 53.6 Å². The third-order valence-electron chi connectivity index (χ3n) is 3.74. The Morgan fingerprint density at radius 1 is 0.923 bits per heavy atom. The highest BCUT2D eigenvalue weighted by Gasteiger charge is 2.38. The van der Waals surface area contributed by atoms with Crippen molar-refractivity contribution in [3.63, 3.8) is 0 Å². The third-order valence-corrected chi connectivity index (χ3v) is 3.74. The van der Waals surface area contributed by atoms with Gasteiger partial charge < -0.3 is 29.9 Å². The van der Waals surface area contributed by atoms with Crippen LogP contribution in [0.1, 0.15) is 17.2 Å². The van der Waals surface area contributed by atoms with Crippen molar-refractivity contribution in [2.75, 3.05) is 0 Å². The van der Waals surface area contributed by atoms with E-state index >= 15 is 0 Å². The number of hydrogen-bond acceptors (Lipinski definition) is 6. The second-order valence-electron chi connectivity index (χ2n) is 5.54. The van der Waals surface area contributed by atoms with E-state index in [1.165, 1.54) is 36.4 Å². The lowest BCUT2D eigenvalue weighted by Crippen LogP contribution is -2.39. The number of carboxylic acids is 2. The van der Waals surface area contributed by atoms with Gasteiger partial charge in [-0.1, -0.05) is 12.1 Å². The summed E-state index contributed by atoms with van der Waals surface area (Å²) in [6.45, 7) is 0. The van der Waals surface area contributed by atoms with Crippen molar-refractivity contribution in [1.29, 1.82) is 0 Å². The number of carbonyl (C=O) groups is 2. The largest absolute Gasteiger partial charge is 0.504 e. The van der Waals surface area contributed by atoms with Crippen LogP contribution in [0.3, 0.4) is 0 Å². The van der Waals surface area contributed by atoms with Gasteiger partial charge in [-0.15, -0.1) is 0 Å². The number of carboxylic acid groups (broad SMARTS) is 2. The summed E-state index contributed by atoms with van der Waals surface area (Å²) in [5.41, 5.74) is 0.813. The Morgan fingerprint density at radius 2 is 1.69 bits per heavy atom. The van der Waals surface area contributed by atoms with Gasteiger partial charge in [-0.25, -0.2) is 9.59 Å². The molecule has 0 fully saturated rings. The van der Waals surface area contributed by atoms with Crippen molar-refractivity contribution >= 4 is 18.0 Å². The summed E-state index contributed by atoms with van der Waals surface area (Å²) in [6.07, 6.45) is -0.161. The van der Waals surface area contributed by atoms with E-state index in [0.29, 0.717) is 11.1 Å². The van der Waals surface area contributed by atoms with Gasteiger partial charge in [0.05, 0.1) is 0 Å². The normalized spacial score (nSPS) is 18.6. The van der Waals surface area contributed by atoms with Gasteiger partial charge in [0.2, 0.25) is 6.10 Å². The SMILES string of the molecule is O=C(O)C=Cc1ccc2c(c1)O[C@@H](C(=O)O)[C@H](c1ccc(O)c(O)c1)O2. The fourth-order valence-electron chi connectivity index (χ4n) is 2.52. The number of hydrogen-bond donors (Lipinski definition) is 4. The van der Waals surface area contributed by atoms with Gasteiger partial charge in [-0.2, -0.15) is 0 Å². The lowest BCUT2D eigenvalue weighted by Gasteiger charge is -2.32. The van der Waals surface area contributed by atoms with Crippen molar-refractivity contribution in [3.8, 4) is 23.0 Å². The Balaban J connectivity index is 1.96. The lowest BCUT2D eigenvalue weighted by atomic mass is 10.0. The number of phenolic OH excluding ortho intramolecular Hbond substituents is 2. The van der Waals surface area contributed by atoms with Crippen LogP contribution in [0.15, 0.2) is 42.5 Å². The maximum atomic E-state index is 11.6. The molecule has 0 saturated heterocycles. The van der Waals surface area contributed by atoms with Crippen LogP contribution in [0.5, 0.6) is 23.0 Å². The molecule has 1 heterocycles. The van der Waals surface area contributed by atoms with E-state index in [1.54, 1.807) is 6.07 Å². The van der Waals surface area contributed by atoms with E-state index in [4.69, 9.17) is 14.6 Å². The topological polar surface area (TPSA) is 134 Å². The molecule has 1 aliphatic heterocycles. The molecule has 0 saturated carbocycles. The van der Waals surface area contributed by atoms with Gasteiger partial charge in [-0.05, 0) is 35.9 Å². The Bertz CT molecular complexity index is 902. The van der Waals surface area contributed by atoms with Crippen LogP contribution >= 0.6 is 0 Å². The summed E-state index contributed by atoms with van der Waals surface area (Å²) < 4.78 is 11.3. The molecular formula is C18H14O8. The number of phenols is 2. The molecule has 1 aliphatic rings. The molecule has 0 unspecified atom stereocenters. The van der Waals surface area contributed by atoms with Crippen LogP contribution in [0.2, 0.25) is 0 Å². The highest BCUT2D eigenvalue weighted by atomic mass is 16.6. The summed E-state index contributed by atoms with van der Waals surface area (Å²) in [7, 11) is 0. The van der Waals surface area contributed by atoms with Gasteiger partial charge in [0.25, 0.3) is 0 Å². The molecule has 26 heavy (non-hydrogen) atoms. The Kier molecular flexibility index (Phi) is 4.40. The second-order valence-corrected chi connectivity index (χ2v) is 5.54. The number of ether oxygens (including phenoxy) is 2. The third kappa shape index (κ3) is 3.39. The van der Waals surface area contributed by atoms with Crippen molar-refractivity contribution in [2.24, 2.45) is 0 Å². The van der Waals surface area contributed by atoms with Gasteiger partial charge in [0.1, 0.15) is 0 Å². The number of aliphatic carboxylic acids is 2. The van der Waals surface area contributed by atoms with E-state index < -0.39 is 29.9 Å². The van der Waals surface area contributed by atoms with E-state index in [2.05, 4.69) is 0 Å². The predicted octanol–water partition coefficient (Wildman–Crippen LogP) is 2.16. The molecule has 0 bridgehead atoms. The Morgan fingerprint density at radius 3 is 2.35 bits per heavy atom. The Hall–Kier alpha value is -3.68. The molecule has 134 valence electrons. The zero-order chi connectivity index (χ0) is 18.8. The minimum absolute atomic E-state index is 0.157. The first-order valence-electron chi connectivity index (χ1n) is 7.48. The maximum Gasteiger partial charge on any atom is 0.349 e. The smallest absolute Gasteiger partial charge is 0.349 e. The number of aromatic hydroxyl groups is 2. The monoisotopic (exact) mass is 358 g/mol. The van der Waals surface area contributed by atoms with Gasteiger partial charge in [0, 0.05) is 11.6 Å². The molecule has 0 aromatic heterocycles. The average molecular weight is 358 g/mol. The first kappa shape index (κ1) is 17.2. The molecular weight excluding hydrogens is 344 g/mol. The minimum atomic E-state index is -1.40. The molecule has 0 aliphatic carbocycles. The first-order chi connectivity index (χ1) is 12.3. The van der Waals surface area contributed by atoms with Crippen molar-refractivity contribution in [1.82, 2.24) is 0 Å². The van der Waals surface area contributed by atoms with Crippen molar-refractivity contribution < 1.29 is 39.5 Å². The van der Waals surface area contributed by atoms with Crippen LogP contribution in [0.4, 0.5) is 0 Å². The van der Waals surface area contributed by atoms with Crippen LogP contribution in [0, 0.1) is 0 Å². The molecule has 2 atom stereocenters. The van der Waals surface area contributed by atoms with Crippen LogP contribution < -0.4 is 9.47 Å². The summed E-state index contributed by atoms with van der Waals surface area (Å²) in [6, 6.07) is 8.44. The van der Waals surface area contributed by atoms with Crippen LogP contribution in [0.25, 0.3) is 6.08 Å². The second kappa shape index (κ2) is 6.67. The number of benzene rings is 2. The zero-order valence-electron chi connectivity index (χ0n) is 13.2. The predicted molar refractivity (Wildman–Crippen MR) is 88.3 cm³/mol. The standard InChI is InChI=1S/C18H14O8/c19-11-4-3-10(8-12(11)20)16-17(18(23)24)26-14-7-9(2-6-15(21)22)1-5-13(14)25-16/h1-8,16-17,19-20H,(H,21,22)(H,23,24)/t16-,17+/m0/s1. The molecule has 3 rings (SSSR count). The van der Waals surface area contributed by atoms with E-state index in [0.717, 1.165) is 6.08 Å². The van der Waals surface area contributed by atoms with Gasteiger partial charge in [0.15, 0.2) is 29.1 Å². The van der Waals surface area contributed by atoms with Gasteiger partial charge in [-0.3, -0.25) is 0 Å². The molecule has 0 spiro atoms. The van der Waals surface area contributed by atoms with Crippen LogP contribution in [-0.2, 0) is 9.59 Å². The van der Waals surface area contributed by atoms with Crippen molar-refractivity contribution in [2.45, 2.75) is 12.2 Å². The summed E-state index contributed by atoms with van der Waals surface area (Å²) in [5, 5.41) is 37.2. The fraction of sp³-hybridized carbons (Fsp3) is 0.111. The van der Waals surface area contributed by atoms with E-state index in [1.807, 2.05) is 0 Å². The fourth-order valence-corrected chi connectivity index (χ4v) is 2.52.